The van der Waals surface area contributed by atoms with Crippen molar-refractivity contribution in [1.29, 1.82) is 0 Å². The van der Waals surface area contributed by atoms with Crippen molar-refractivity contribution in [3.8, 4) is 0 Å². The summed E-state index contributed by atoms with van der Waals surface area (Å²) in [5.74, 6) is 0. The van der Waals surface area contributed by atoms with E-state index in [9.17, 15) is 17.6 Å². The van der Waals surface area contributed by atoms with Crippen molar-refractivity contribution >= 4 is 23.2 Å². The SMILES string of the molecule is FC1=C(Cl)OC(Cl)(C(F)(F)F)O1. The van der Waals surface area contributed by atoms with E-state index in [0.29, 0.717) is 0 Å². The van der Waals surface area contributed by atoms with Crippen LogP contribution in [0.25, 0.3) is 0 Å². The van der Waals surface area contributed by atoms with E-state index >= 15 is 0 Å². The van der Waals surface area contributed by atoms with E-state index in [0.717, 1.165) is 0 Å². The normalized spacial score (nSPS) is 30.2. The highest BCUT2D eigenvalue weighted by Crippen LogP contribution is 2.47. The maximum Gasteiger partial charge on any atom is 0.485 e. The monoisotopic (exact) mass is 226 g/mol. The van der Waals surface area contributed by atoms with Crippen molar-refractivity contribution in [1.82, 2.24) is 0 Å². The zero-order valence-corrected chi connectivity index (χ0v) is 6.60. The predicted octanol–water partition coefficient (Wildman–Crippen LogP) is 2.82. The smallest absolute Gasteiger partial charge is 0.415 e. The third kappa shape index (κ3) is 1.40. The number of alkyl halides is 4. The van der Waals surface area contributed by atoms with Gasteiger partial charge < -0.3 is 9.47 Å². The Balaban J connectivity index is 2.84. The van der Waals surface area contributed by atoms with Gasteiger partial charge in [0.15, 0.2) is 0 Å². The van der Waals surface area contributed by atoms with E-state index in [4.69, 9.17) is 23.2 Å². The molecule has 0 saturated heterocycles. The Morgan fingerprint density at radius 1 is 1.25 bits per heavy atom. The molecule has 1 rings (SSSR count). The first-order valence-corrected chi connectivity index (χ1v) is 3.21. The molecule has 0 fully saturated rings. The molecule has 1 heterocycles. The molecule has 0 spiro atoms. The molecule has 1 aliphatic heterocycles. The fourth-order valence-corrected chi connectivity index (χ4v) is 0.779. The van der Waals surface area contributed by atoms with Crippen molar-refractivity contribution < 1.29 is 27.0 Å². The van der Waals surface area contributed by atoms with E-state index < -0.39 is 22.7 Å². The second-order valence-electron chi connectivity index (χ2n) is 1.79. The van der Waals surface area contributed by atoms with Gasteiger partial charge in [0.1, 0.15) is 0 Å². The molecular formula is C4Cl2F4O2. The summed E-state index contributed by atoms with van der Waals surface area (Å²) in [4.78, 5) is 0. The van der Waals surface area contributed by atoms with Crippen LogP contribution in [0, 0.1) is 0 Å². The first-order chi connectivity index (χ1) is 5.26. The Kier molecular flexibility index (Phi) is 2.08. The van der Waals surface area contributed by atoms with Crippen molar-refractivity contribution in [3.63, 3.8) is 0 Å². The number of ether oxygens (including phenoxy) is 2. The highest BCUT2D eigenvalue weighted by Gasteiger charge is 2.64. The molecule has 70 valence electrons. The molecular weight excluding hydrogens is 227 g/mol. The van der Waals surface area contributed by atoms with Crippen LogP contribution >= 0.6 is 23.2 Å². The minimum Gasteiger partial charge on any atom is -0.415 e. The summed E-state index contributed by atoms with van der Waals surface area (Å²) in [6.07, 6.45) is -5.07. The van der Waals surface area contributed by atoms with Gasteiger partial charge in [-0.1, -0.05) is 0 Å². The molecule has 0 aliphatic carbocycles. The highest BCUT2D eigenvalue weighted by atomic mass is 35.5. The lowest BCUT2D eigenvalue weighted by molar-refractivity contribution is -0.299. The van der Waals surface area contributed by atoms with Gasteiger partial charge in [0.25, 0.3) is 5.22 Å². The number of hydrogen-bond acceptors (Lipinski definition) is 2. The van der Waals surface area contributed by atoms with Crippen LogP contribution in [0.15, 0.2) is 11.2 Å². The molecule has 0 aromatic carbocycles. The molecule has 0 amide bonds. The minimum atomic E-state index is -5.07. The molecule has 2 nitrogen and oxygen atoms in total. The molecule has 0 radical (unpaired) electrons. The number of rotatable bonds is 0. The second-order valence-corrected chi connectivity index (χ2v) is 2.63. The molecule has 12 heavy (non-hydrogen) atoms. The molecule has 0 N–H and O–H groups in total. The van der Waals surface area contributed by atoms with Gasteiger partial charge in [-0.25, -0.2) is 0 Å². The summed E-state index contributed by atoms with van der Waals surface area (Å²) in [6, 6.07) is -1.69. The zero-order chi connectivity index (χ0) is 9.57. The quantitative estimate of drug-likeness (QED) is 0.467. The third-order valence-corrected chi connectivity index (χ3v) is 1.53. The van der Waals surface area contributed by atoms with Crippen molar-refractivity contribution in [3.05, 3.63) is 11.2 Å². The standard InChI is InChI=1S/C4Cl2F4O2/c5-1-2(7)12-3(6,11-1)4(8,9)10. The molecule has 0 bridgehead atoms. The maximum absolute atomic E-state index is 12.2. The summed E-state index contributed by atoms with van der Waals surface area (Å²) in [7, 11) is 0. The molecule has 0 aromatic rings. The van der Waals surface area contributed by atoms with E-state index in [1.54, 1.807) is 0 Å². The second kappa shape index (κ2) is 2.56. The molecule has 8 heteroatoms. The lowest BCUT2D eigenvalue weighted by Gasteiger charge is -2.21. The average Bonchev–Trinajstić information content (AvgIpc) is 2.06. The fourth-order valence-electron chi connectivity index (χ4n) is 0.447. The largest absolute Gasteiger partial charge is 0.485 e. The Bertz CT molecular complexity index is 222. The van der Waals surface area contributed by atoms with Crippen molar-refractivity contribution in [2.24, 2.45) is 0 Å². The summed E-state index contributed by atoms with van der Waals surface area (Å²) < 4.78 is 55.0. The van der Waals surface area contributed by atoms with Gasteiger partial charge in [0.05, 0.1) is 0 Å². The predicted molar refractivity (Wildman–Crippen MR) is 30.8 cm³/mol. The first kappa shape index (κ1) is 9.73. The van der Waals surface area contributed by atoms with Gasteiger partial charge in [-0.3, -0.25) is 0 Å². The van der Waals surface area contributed by atoms with Crippen LogP contribution in [0.1, 0.15) is 0 Å². The summed E-state index contributed by atoms with van der Waals surface area (Å²) in [5.41, 5.74) is 0. The van der Waals surface area contributed by atoms with E-state index in [-0.39, 0.29) is 0 Å². The summed E-state index contributed by atoms with van der Waals surface area (Å²) >= 11 is 9.53. The van der Waals surface area contributed by atoms with E-state index in [1.807, 2.05) is 0 Å². The topological polar surface area (TPSA) is 18.5 Å². The van der Waals surface area contributed by atoms with Gasteiger partial charge in [-0.15, -0.1) is 0 Å². The van der Waals surface area contributed by atoms with Gasteiger partial charge in [-0.2, -0.15) is 17.6 Å². The van der Waals surface area contributed by atoms with Crippen LogP contribution in [0.2, 0.25) is 0 Å². The summed E-state index contributed by atoms with van der Waals surface area (Å²) in [6.45, 7) is 0. The lowest BCUT2D eigenvalue weighted by Crippen LogP contribution is -2.41. The van der Waals surface area contributed by atoms with E-state index in [1.165, 1.54) is 0 Å². The van der Waals surface area contributed by atoms with Crippen LogP contribution in [0.3, 0.4) is 0 Å². The highest BCUT2D eigenvalue weighted by molar-refractivity contribution is 6.30. The zero-order valence-electron chi connectivity index (χ0n) is 5.08. The average molecular weight is 227 g/mol. The van der Waals surface area contributed by atoms with E-state index in [2.05, 4.69) is 9.47 Å². The third-order valence-electron chi connectivity index (χ3n) is 0.935. The van der Waals surface area contributed by atoms with Gasteiger partial charge in [0.2, 0.25) is 0 Å². The van der Waals surface area contributed by atoms with Crippen LogP contribution in [0.5, 0.6) is 0 Å². The van der Waals surface area contributed by atoms with Gasteiger partial charge in [0, 0.05) is 0 Å². The number of halogens is 6. The Hall–Kier alpha value is -0.360. The van der Waals surface area contributed by atoms with Crippen LogP contribution in [-0.2, 0) is 9.47 Å². The molecule has 0 saturated carbocycles. The number of hydrogen-bond donors (Lipinski definition) is 0. The minimum absolute atomic E-state index is 1.15. The molecule has 1 unspecified atom stereocenters. The van der Waals surface area contributed by atoms with Gasteiger partial charge >= 0.3 is 17.4 Å². The van der Waals surface area contributed by atoms with Crippen LogP contribution in [-0.4, -0.2) is 11.4 Å². The van der Waals surface area contributed by atoms with Crippen LogP contribution < -0.4 is 0 Å². The Morgan fingerprint density at radius 2 is 1.75 bits per heavy atom. The first-order valence-electron chi connectivity index (χ1n) is 2.45. The van der Waals surface area contributed by atoms with Crippen molar-refractivity contribution in [2.75, 3.05) is 0 Å². The molecule has 1 atom stereocenters. The molecule has 0 aromatic heterocycles. The summed E-state index contributed by atoms with van der Waals surface area (Å²) in [5, 5.41) is -4.68. The lowest BCUT2D eigenvalue weighted by atomic mass is 10.6. The Labute approximate surface area is 73.6 Å². The fraction of sp³-hybridized carbons (Fsp3) is 0.500. The van der Waals surface area contributed by atoms with Gasteiger partial charge in [-0.05, 0) is 23.2 Å². The molecule has 1 aliphatic rings. The van der Waals surface area contributed by atoms with Crippen molar-refractivity contribution in [2.45, 2.75) is 11.4 Å². The maximum atomic E-state index is 12.2. The Morgan fingerprint density at radius 3 is 1.92 bits per heavy atom. The van der Waals surface area contributed by atoms with Crippen LogP contribution in [0.4, 0.5) is 17.6 Å².